The highest BCUT2D eigenvalue weighted by Gasteiger charge is 2.11. The Kier molecular flexibility index (Phi) is 5.77. The Morgan fingerprint density at radius 1 is 0.594 bits per heavy atom. The molecule has 3 nitrogen and oxygen atoms in total. The number of nitrogens with zero attached hydrogens (tertiary/aromatic N) is 3. The molecule has 0 spiro atoms. The molecule has 0 saturated heterocycles. The Hall–Kier alpha value is -3.76. The van der Waals surface area contributed by atoms with Crippen LogP contribution in [-0.4, -0.2) is 14.8 Å². The summed E-state index contributed by atoms with van der Waals surface area (Å²) in [6.45, 7) is 0.647. The van der Waals surface area contributed by atoms with E-state index >= 15 is 0 Å². The second-order valence-electron chi connectivity index (χ2n) is 7.75. The van der Waals surface area contributed by atoms with Gasteiger partial charge in [-0.25, -0.2) is 0 Å². The lowest BCUT2D eigenvalue weighted by Crippen LogP contribution is -2.08. The van der Waals surface area contributed by atoms with Gasteiger partial charge in [-0.15, -0.1) is 5.10 Å². The normalized spacial score (nSPS) is 10.9. The topological polar surface area (TPSA) is 30.7 Å². The van der Waals surface area contributed by atoms with Crippen molar-refractivity contribution in [3.63, 3.8) is 0 Å². The van der Waals surface area contributed by atoms with Gasteiger partial charge in [0.15, 0.2) is 0 Å². The van der Waals surface area contributed by atoms with Crippen molar-refractivity contribution in [2.45, 2.75) is 18.1 Å². The van der Waals surface area contributed by atoms with Gasteiger partial charge in [0.25, 0.3) is 0 Å². The number of hydrogen-bond acceptors (Lipinski definition) is 3. The fourth-order valence-corrected chi connectivity index (χ4v) is 4.18. The first-order valence-electron chi connectivity index (χ1n) is 10.6. The number of aromatic nitrogens is 3. The molecule has 0 radical (unpaired) electrons. The second kappa shape index (κ2) is 9.16. The van der Waals surface area contributed by atoms with Crippen molar-refractivity contribution >= 4 is 12.6 Å². The summed E-state index contributed by atoms with van der Waals surface area (Å²) in [4.78, 5) is 0. The average molecular weight is 433 g/mol. The van der Waals surface area contributed by atoms with Crippen molar-refractivity contribution in [1.29, 1.82) is 0 Å². The number of benzene rings is 4. The van der Waals surface area contributed by atoms with Gasteiger partial charge in [0.1, 0.15) is 5.82 Å². The molecule has 0 aliphatic rings. The first kappa shape index (κ1) is 20.2. The highest BCUT2D eigenvalue weighted by Crippen LogP contribution is 2.25. The van der Waals surface area contributed by atoms with Crippen LogP contribution >= 0.6 is 0 Å². The molecule has 0 saturated carbocycles. The lowest BCUT2D eigenvalue weighted by Gasteiger charge is -2.16. The maximum atomic E-state index is 5.52. The molecule has 156 valence electrons. The van der Waals surface area contributed by atoms with E-state index in [4.69, 9.17) is 12.6 Å². The van der Waals surface area contributed by atoms with E-state index in [1.165, 1.54) is 33.4 Å². The third-order valence-corrected chi connectivity index (χ3v) is 5.95. The molecule has 0 atom stereocenters. The highest BCUT2D eigenvalue weighted by molar-refractivity contribution is 7.58. The zero-order chi connectivity index (χ0) is 21.8. The summed E-state index contributed by atoms with van der Waals surface area (Å²) >= 11 is 5.52. The van der Waals surface area contributed by atoms with Gasteiger partial charge in [-0.05, 0) is 33.4 Å². The van der Waals surface area contributed by atoms with E-state index in [0.29, 0.717) is 18.1 Å². The van der Waals surface area contributed by atoms with E-state index < -0.39 is 0 Å². The standard InChI is InChI=1S/C28H23N3S/c32-28-30-29-27(19-21-15-17-23(18-16-21)22-9-3-1-4-10-22)31(28)20-25-13-7-8-14-26(25)24-11-5-2-6-12-24/h1-18H,19-20H2,(H,30,32)/p-1. The van der Waals surface area contributed by atoms with Crippen LogP contribution in [0.5, 0.6) is 0 Å². The fourth-order valence-electron chi connectivity index (χ4n) is 3.96. The quantitative estimate of drug-likeness (QED) is 0.301. The molecular formula is C28H22N3S-. The number of rotatable bonds is 6. The Morgan fingerprint density at radius 3 is 1.91 bits per heavy atom. The van der Waals surface area contributed by atoms with Gasteiger partial charge in [0, 0.05) is 18.1 Å². The molecule has 5 rings (SSSR count). The van der Waals surface area contributed by atoms with Gasteiger partial charge in [-0.2, -0.15) is 5.10 Å². The van der Waals surface area contributed by atoms with Crippen LogP contribution in [0.1, 0.15) is 17.0 Å². The van der Waals surface area contributed by atoms with Crippen LogP contribution in [0.3, 0.4) is 0 Å². The molecule has 1 aromatic heterocycles. The summed E-state index contributed by atoms with van der Waals surface area (Å²) < 4.78 is 2.04. The SMILES string of the molecule is [S-]c1nnc(Cc2ccc(-c3ccccc3)cc2)n1Cc1ccccc1-c1ccccc1. The lowest BCUT2D eigenvalue weighted by molar-refractivity contribution is 0.678. The maximum absolute atomic E-state index is 5.52. The smallest absolute Gasteiger partial charge is 0.136 e. The summed E-state index contributed by atoms with van der Waals surface area (Å²) in [6, 6.07) is 37.9. The monoisotopic (exact) mass is 432 g/mol. The maximum Gasteiger partial charge on any atom is 0.136 e. The van der Waals surface area contributed by atoms with Gasteiger partial charge in [-0.1, -0.05) is 109 Å². The minimum atomic E-state index is 0.517. The van der Waals surface area contributed by atoms with Crippen LogP contribution < -0.4 is 0 Å². The van der Waals surface area contributed by atoms with Crippen molar-refractivity contribution in [2.24, 2.45) is 0 Å². The molecule has 4 heteroatoms. The highest BCUT2D eigenvalue weighted by atomic mass is 32.1. The van der Waals surface area contributed by atoms with Crippen LogP contribution in [0.4, 0.5) is 0 Å². The molecule has 0 fully saturated rings. The van der Waals surface area contributed by atoms with Gasteiger partial charge in [0.05, 0.1) is 0 Å². The molecule has 0 unspecified atom stereocenters. The zero-order valence-electron chi connectivity index (χ0n) is 17.6. The molecule has 0 amide bonds. The molecule has 4 aromatic carbocycles. The van der Waals surface area contributed by atoms with Crippen LogP contribution in [0.2, 0.25) is 0 Å². The van der Waals surface area contributed by atoms with Crippen molar-refractivity contribution in [1.82, 2.24) is 14.8 Å². The number of hydrogen-bond donors (Lipinski definition) is 0. The van der Waals surface area contributed by atoms with Crippen LogP contribution in [0.15, 0.2) is 114 Å². The minimum Gasteiger partial charge on any atom is -0.740 e. The predicted molar refractivity (Wildman–Crippen MR) is 131 cm³/mol. The van der Waals surface area contributed by atoms with Gasteiger partial charge < -0.3 is 17.2 Å². The molecule has 0 N–H and O–H groups in total. The molecule has 0 aliphatic heterocycles. The van der Waals surface area contributed by atoms with Crippen LogP contribution in [0, 0.1) is 0 Å². The molecular weight excluding hydrogens is 410 g/mol. The van der Waals surface area contributed by atoms with E-state index in [0.717, 1.165) is 5.82 Å². The predicted octanol–water partition coefficient (Wildman–Crippen LogP) is 6.16. The first-order chi connectivity index (χ1) is 15.8. The zero-order valence-corrected chi connectivity index (χ0v) is 18.4. The van der Waals surface area contributed by atoms with E-state index in [9.17, 15) is 0 Å². The van der Waals surface area contributed by atoms with Gasteiger partial charge in [0.2, 0.25) is 0 Å². The summed E-state index contributed by atoms with van der Waals surface area (Å²) in [5, 5.41) is 9.12. The van der Waals surface area contributed by atoms with Crippen molar-refractivity contribution in [3.8, 4) is 22.3 Å². The molecule has 0 bridgehead atoms. The summed E-state index contributed by atoms with van der Waals surface area (Å²) in [5.41, 5.74) is 7.20. The minimum absolute atomic E-state index is 0.517. The van der Waals surface area contributed by atoms with Gasteiger partial charge >= 0.3 is 0 Å². The second-order valence-corrected chi connectivity index (χ2v) is 8.11. The van der Waals surface area contributed by atoms with E-state index in [2.05, 4.69) is 107 Å². The van der Waals surface area contributed by atoms with Crippen molar-refractivity contribution < 1.29 is 0 Å². The van der Waals surface area contributed by atoms with E-state index in [1.54, 1.807) is 0 Å². The molecule has 1 heterocycles. The van der Waals surface area contributed by atoms with Crippen LogP contribution in [0.25, 0.3) is 22.3 Å². The Labute approximate surface area is 193 Å². The third kappa shape index (κ3) is 4.32. The van der Waals surface area contributed by atoms with Crippen molar-refractivity contribution in [2.75, 3.05) is 0 Å². The first-order valence-corrected chi connectivity index (χ1v) is 11.1. The Bertz CT molecular complexity index is 1310. The van der Waals surface area contributed by atoms with E-state index in [1.807, 2.05) is 16.7 Å². The largest absolute Gasteiger partial charge is 0.740 e. The summed E-state index contributed by atoms with van der Waals surface area (Å²) in [7, 11) is 0. The molecule has 32 heavy (non-hydrogen) atoms. The molecule has 5 aromatic rings. The van der Waals surface area contributed by atoms with Crippen molar-refractivity contribution in [3.05, 3.63) is 126 Å². The van der Waals surface area contributed by atoms with E-state index in [-0.39, 0.29) is 0 Å². The average Bonchev–Trinajstić information content (AvgIpc) is 3.20. The summed E-state index contributed by atoms with van der Waals surface area (Å²) in [6.07, 6.45) is 0.687. The Balaban J connectivity index is 1.41. The van der Waals surface area contributed by atoms with Gasteiger partial charge in [-0.3, -0.25) is 0 Å². The molecule has 0 aliphatic carbocycles. The third-order valence-electron chi connectivity index (χ3n) is 5.65. The summed E-state index contributed by atoms with van der Waals surface area (Å²) in [5.74, 6) is 0.880. The fraction of sp³-hybridized carbons (Fsp3) is 0.0714. The lowest BCUT2D eigenvalue weighted by atomic mass is 9.99. The Morgan fingerprint density at radius 2 is 1.19 bits per heavy atom. The van der Waals surface area contributed by atoms with Crippen LogP contribution in [-0.2, 0) is 25.6 Å².